The third kappa shape index (κ3) is 8.91. The van der Waals surface area contributed by atoms with Crippen LogP contribution in [0.2, 0.25) is 0 Å². The number of nitrogens with one attached hydrogen (secondary N) is 1. The average Bonchev–Trinajstić information content (AvgIpc) is 3.86. The van der Waals surface area contributed by atoms with Gasteiger partial charge in [-0.1, -0.05) is 68.7 Å². The summed E-state index contributed by atoms with van der Waals surface area (Å²) in [5, 5.41) is 3.15. The minimum Gasteiger partial charge on any atom is -0.388 e. The fourth-order valence-electron chi connectivity index (χ4n) is 4.67. The van der Waals surface area contributed by atoms with E-state index in [1.807, 2.05) is 68.6 Å². The molecule has 1 aliphatic carbocycles. The molecule has 0 saturated heterocycles. The van der Waals surface area contributed by atoms with Crippen LogP contribution < -0.4 is 5.32 Å². The van der Waals surface area contributed by atoms with Gasteiger partial charge in [-0.15, -0.1) is 5.92 Å². The van der Waals surface area contributed by atoms with Crippen molar-refractivity contribution in [3.8, 4) is 23.0 Å². The molecule has 3 aromatic rings. The van der Waals surface area contributed by atoms with Crippen LogP contribution in [-0.2, 0) is 11.2 Å². The van der Waals surface area contributed by atoms with Gasteiger partial charge in [0, 0.05) is 50.3 Å². The molecule has 42 heavy (non-hydrogen) atoms. The van der Waals surface area contributed by atoms with Crippen LogP contribution in [0, 0.1) is 17.8 Å². The summed E-state index contributed by atoms with van der Waals surface area (Å²) in [6.45, 7) is 5.74. The second kappa shape index (κ2) is 15.7. The minimum atomic E-state index is -0.457. The fourth-order valence-corrected chi connectivity index (χ4v) is 4.67. The van der Waals surface area contributed by atoms with Gasteiger partial charge in [-0.3, -0.25) is 14.4 Å². The van der Waals surface area contributed by atoms with Crippen molar-refractivity contribution in [1.29, 1.82) is 0 Å². The van der Waals surface area contributed by atoms with Gasteiger partial charge in [0.2, 0.25) is 0 Å². The maximum Gasteiger partial charge on any atom is 0.253 e. The number of hydrogen-bond acceptors (Lipinski definition) is 4. The molecule has 5 nitrogen and oxygen atoms in total. The SMILES string of the molecule is CCC#CC(C(C)=O)c1cc(-c2ccc(C(=O)N(C)C)cc2)ccc1NC.CCCCc1ccc(C(=O)C2CC2)cc1. The van der Waals surface area contributed by atoms with Crippen LogP contribution in [0.5, 0.6) is 0 Å². The molecule has 1 atom stereocenters. The predicted molar refractivity (Wildman–Crippen MR) is 173 cm³/mol. The molecule has 0 radical (unpaired) electrons. The standard InChI is InChI=1S/C23H26N2O2.C14H18O/c1-6-7-8-20(16(2)26)21-15-19(13-14-22(21)24-3)17-9-11-18(12-10-17)23(27)25(4)5;1-2-3-4-11-5-7-12(8-6-11)14(15)13-9-10-13/h9-15,20,24H,6H2,1-5H3;5-8,13H,2-4,9-10H2,1H3. The first-order valence-electron chi connectivity index (χ1n) is 15.0. The van der Waals surface area contributed by atoms with Gasteiger partial charge in [-0.05, 0) is 79.1 Å². The highest BCUT2D eigenvalue weighted by Gasteiger charge is 2.30. The zero-order valence-corrected chi connectivity index (χ0v) is 25.9. The van der Waals surface area contributed by atoms with E-state index in [4.69, 9.17) is 0 Å². The van der Waals surface area contributed by atoms with Crippen molar-refractivity contribution in [1.82, 2.24) is 4.90 Å². The van der Waals surface area contributed by atoms with Crippen LogP contribution >= 0.6 is 0 Å². The van der Waals surface area contributed by atoms with Gasteiger partial charge in [0.15, 0.2) is 5.78 Å². The number of carbonyl (C=O) groups excluding carboxylic acids is 3. The lowest BCUT2D eigenvalue weighted by atomic mass is 9.91. The third-order valence-electron chi connectivity index (χ3n) is 7.34. The van der Waals surface area contributed by atoms with Crippen LogP contribution in [0.15, 0.2) is 66.7 Å². The zero-order valence-electron chi connectivity index (χ0n) is 25.9. The highest BCUT2D eigenvalue weighted by Crippen LogP contribution is 2.33. The molecule has 0 aliphatic heterocycles. The van der Waals surface area contributed by atoms with Gasteiger partial charge >= 0.3 is 0 Å². The molecule has 5 heteroatoms. The van der Waals surface area contributed by atoms with Crippen molar-refractivity contribution in [3.05, 3.63) is 89.0 Å². The summed E-state index contributed by atoms with van der Waals surface area (Å²) in [6.07, 6.45) is 6.49. The van der Waals surface area contributed by atoms with Crippen LogP contribution in [0.4, 0.5) is 5.69 Å². The first-order valence-corrected chi connectivity index (χ1v) is 15.0. The number of Topliss-reactive ketones (excluding diaryl/α,β-unsaturated/α-hetero) is 2. The van der Waals surface area contributed by atoms with Crippen molar-refractivity contribution < 1.29 is 14.4 Å². The number of unbranched alkanes of at least 4 members (excludes halogenated alkanes) is 1. The van der Waals surface area contributed by atoms with E-state index in [9.17, 15) is 14.4 Å². The normalized spacial score (nSPS) is 12.6. The molecule has 0 aromatic heterocycles. The van der Waals surface area contributed by atoms with E-state index >= 15 is 0 Å². The smallest absolute Gasteiger partial charge is 0.253 e. The summed E-state index contributed by atoms with van der Waals surface area (Å²) >= 11 is 0. The van der Waals surface area contributed by atoms with E-state index in [0.717, 1.165) is 47.2 Å². The average molecular weight is 565 g/mol. The number of aryl methyl sites for hydroxylation is 1. The summed E-state index contributed by atoms with van der Waals surface area (Å²) in [5.74, 6) is 6.34. The van der Waals surface area contributed by atoms with Crippen molar-refractivity contribution in [3.63, 3.8) is 0 Å². The monoisotopic (exact) mass is 564 g/mol. The van der Waals surface area contributed by atoms with Crippen LogP contribution in [-0.4, -0.2) is 43.5 Å². The van der Waals surface area contributed by atoms with E-state index in [1.54, 1.807) is 25.9 Å². The number of rotatable bonds is 10. The number of benzene rings is 3. The van der Waals surface area contributed by atoms with Crippen LogP contribution in [0.25, 0.3) is 11.1 Å². The van der Waals surface area contributed by atoms with E-state index < -0.39 is 5.92 Å². The van der Waals surface area contributed by atoms with Gasteiger partial charge in [0.05, 0.1) is 0 Å². The Labute approximate surface area is 251 Å². The topological polar surface area (TPSA) is 66.5 Å². The summed E-state index contributed by atoms with van der Waals surface area (Å²) in [4.78, 5) is 37.5. The summed E-state index contributed by atoms with van der Waals surface area (Å²) in [6, 6.07) is 21.7. The Morgan fingerprint density at radius 2 is 1.52 bits per heavy atom. The molecule has 3 aromatic carbocycles. The van der Waals surface area contributed by atoms with E-state index in [0.29, 0.717) is 23.7 Å². The lowest BCUT2D eigenvalue weighted by molar-refractivity contribution is -0.117. The highest BCUT2D eigenvalue weighted by atomic mass is 16.2. The molecule has 1 amide bonds. The number of ketones is 2. The summed E-state index contributed by atoms with van der Waals surface area (Å²) < 4.78 is 0. The second-order valence-corrected chi connectivity index (χ2v) is 11.0. The number of amides is 1. The number of anilines is 1. The van der Waals surface area contributed by atoms with Crippen molar-refractivity contribution in [2.45, 2.75) is 65.2 Å². The lowest BCUT2D eigenvalue weighted by Gasteiger charge is -2.16. The summed E-state index contributed by atoms with van der Waals surface area (Å²) in [5.41, 5.74) is 6.63. The van der Waals surface area contributed by atoms with E-state index in [-0.39, 0.29) is 11.7 Å². The highest BCUT2D eigenvalue weighted by molar-refractivity contribution is 5.99. The Morgan fingerprint density at radius 1 is 0.905 bits per heavy atom. The first kappa shape index (κ1) is 32.3. The molecule has 1 N–H and O–H groups in total. The van der Waals surface area contributed by atoms with Crippen LogP contribution in [0.1, 0.15) is 90.6 Å². The molecule has 0 bridgehead atoms. The second-order valence-electron chi connectivity index (χ2n) is 11.0. The van der Waals surface area contributed by atoms with Gasteiger partial charge in [0.1, 0.15) is 11.7 Å². The van der Waals surface area contributed by atoms with Crippen molar-refractivity contribution in [2.75, 3.05) is 26.5 Å². The van der Waals surface area contributed by atoms with Crippen LogP contribution in [0.3, 0.4) is 0 Å². The fraction of sp³-hybridized carbons (Fsp3) is 0.378. The third-order valence-corrected chi connectivity index (χ3v) is 7.34. The maximum absolute atomic E-state index is 12.2. The molecule has 1 aliphatic rings. The lowest BCUT2D eigenvalue weighted by Crippen LogP contribution is -2.21. The Hall–Kier alpha value is -4.17. The zero-order chi connectivity index (χ0) is 30.6. The van der Waals surface area contributed by atoms with Crippen molar-refractivity contribution >= 4 is 23.2 Å². The molecular weight excluding hydrogens is 520 g/mol. The van der Waals surface area contributed by atoms with Gasteiger partial charge in [-0.25, -0.2) is 0 Å². The number of hydrogen-bond donors (Lipinski definition) is 1. The quantitative estimate of drug-likeness (QED) is 0.201. The molecule has 1 fully saturated rings. The molecule has 0 heterocycles. The molecule has 1 saturated carbocycles. The Bertz CT molecular complexity index is 1420. The predicted octanol–water partition coefficient (Wildman–Crippen LogP) is 7.81. The first-order chi connectivity index (χ1) is 20.2. The Morgan fingerprint density at radius 3 is 2.05 bits per heavy atom. The molecular formula is C37H44N2O3. The molecule has 0 spiro atoms. The Balaban J connectivity index is 0.000000271. The van der Waals surface area contributed by atoms with Gasteiger partial charge in [0.25, 0.3) is 5.91 Å². The molecule has 1 unspecified atom stereocenters. The van der Waals surface area contributed by atoms with E-state index in [1.165, 1.54) is 18.4 Å². The number of carbonyl (C=O) groups is 3. The molecule has 220 valence electrons. The minimum absolute atomic E-state index is 0.0246. The van der Waals surface area contributed by atoms with Gasteiger partial charge in [-0.2, -0.15) is 0 Å². The Kier molecular flexibility index (Phi) is 12.1. The van der Waals surface area contributed by atoms with Crippen molar-refractivity contribution in [2.24, 2.45) is 5.92 Å². The van der Waals surface area contributed by atoms with Gasteiger partial charge < -0.3 is 10.2 Å². The summed E-state index contributed by atoms with van der Waals surface area (Å²) in [7, 11) is 5.31. The maximum atomic E-state index is 12.2. The molecule has 4 rings (SSSR count). The number of nitrogens with zero attached hydrogens (tertiary/aromatic N) is 1. The van der Waals surface area contributed by atoms with E-state index in [2.05, 4.69) is 36.2 Å². The largest absolute Gasteiger partial charge is 0.388 e.